The van der Waals surface area contributed by atoms with Crippen LogP contribution in [-0.2, 0) is 0 Å². The summed E-state index contributed by atoms with van der Waals surface area (Å²) < 4.78 is 0.863. The van der Waals surface area contributed by atoms with Crippen LogP contribution in [0, 0.1) is 0 Å². The Morgan fingerprint density at radius 1 is 1.56 bits per heavy atom. The van der Waals surface area contributed by atoms with Gasteiger partial charge in [-0.15, -0.1) is 0 Å². The summed E-state index contributed by atoms with van der Waals surface area (Å²) in [5.41, 5.74) is -0.261. The molecule has 1 atom stereocenters. The number of rotatable bonds is 4. The topological polar surface area (TPSA) is 49.3 Å². The van der Waals surface area contributed by atoms with Crippen LogP contribution in [0.4, 0.5) is 0 Å². The van der Waals surface area contributed by atoms with Gasteiger partial charge in [-0.1, -0.05) is 28.9 Å². The van der Waals surface area contributed by atoms with Gasteiger partial charge in [0.25, 0.3) is 5.91 Å². The van der Waals surface area contributed by atoms with Gasteiger partial charge in [0.15, 0.2) is 0 Å². The second-order valence-electron chi connectivity index (χ2n) is 4.04. The molecule has 0 bridgehead atoms. The molecule has 0 aliphatic rings. The van der Waals surface area contributed by atoms with Crippen molar-refractivity contribution in [2.24, 2.45) is 0 Å². The number of benzene rings is 1. The number of halogens is 1. The third kappa shape index (κ3) is 3.94. The lowest BCUT2D eigenvalue weighted by atomic mass is 10.0. The zero-order valence-corrected chi connectivity index (χ0v) is 11.0. The second-order valence-corrected chi connectivity index (χ2v) is 4.96. The molecule has 0 spiro atoms. The van der Waals surface area contributed by atoms with Crippen molar-refractivity contribution in [3.05, 3.63) is 34.3 Å². The van der Waals surface area contributed by atoms with Crippen molar-refractivity contribution in [1.82, 2.24) is 5.32 Å². The summed E-state index contributed by atoms with van der Waals surface area (Å²) in [6.07, 6.45) is 0.603. The van der Waals surface area contributed by atoms with E-state index in [2.05, 4.69) is 21.2 Å². The molecule has 1 aromatic carbocycles. The zero-order chi connectivity index (χ0) is 12.2. The van der Waals surface area contributed by atoms with E-state index >= 15 is 0 Å². The maximum Gasteiger partial charge on any atom is 0.251 e. The second kappa shape index (κ2) is 5.46. The van der Waals surface area contributed by atoms with Gasteiger partial charge in [-0.2, -0.15) is 0 Å². The maximum atomic E-state index is 11.7. The minimum Gasteiger partial charge on any atom is -0.388 e. The van der Waals surface area contributed by atoms with Gasteiger partial charge in [-0.05, 0) is 31.5 Å². The van der Waals surface area contributed by atoms with Gasteiger partial charge < -0.3 is 10.4 Å². The number of aliphatic hydroxyl groups is 1. The fraction of sp³-hybridized carbons (Fsp3) is 0.417. The number of nitrogens with one attached hydrogen (secondary N) is 1. The molecule has 1 unspecified atom stereocenters. The summed E-state index contributed by atoms with van der Waals surface area (Å²) in [4.78, 5) is 11.7. The van der Waals surface area contributed by atoms with Gasteiger partial charge in [0.05, 0.1) is 5.60 Å². The van der Waals surface area contributed by atoms with E-state index in [0.717, 1.165) is 4.47 Å². The SMILES string of the molecule is CCC(C)(O)CNC(=O)c1cccc(Br)c1. The first-order chi connectivity index (χ1) is 7.44. The zero-order valence-electron chi connectivity index (χ0n) is 9.46. The van der Waals surface area contributed by atoms with Crippen LogP contribution in [-0.4, -0.2) is 23.2 Å². The first-order valence-electron chi connectivity index (χ1n) is 5.21. The quantitative estimate of drug-likeness (QED) is 0.892. The van der Waals surface area contributed by atoms with E-state index in [1.54, 1.807) is 25.1 Å². The number of amides is 1. The van der Waals surface area contributed by atoms with Crippen molar-refractivity contribution in [1.29, 1.82) is 0 Å². The van der Waals surface area contributed by atoms with E-state index in [0.29, 0.717) is 12.0 Å². The Morgan fingerprint density at radius 3 is 2.81 bits per heavy atom. The summed E-state index contributed by atoms with van der Waals surface area (Å²) in [7, 11) is 0. The van der Waals surface area contributed by atoms with Crippen LogP contribution in [0.3, 0.4) is 0 Å². The van der Waals surface area contributed by atoms with E-state index in [-0.39, 0.29) is 12.5 Å². The minimum absolute atomic E-state index is 0.171. The van der Waals surface area contributed by atoms with Crippen molar-refractivity contribution < 1.29 is 9.90 Å². The third-order valence-electron chi connectivity index (χ3n) is 2.48. The molecular formula is C12H16BrNO2. The molecule has 0 heterocycles. The van der Waals surface area contributed by atoms with Crippen LogP contribution in [0.2, 0.25) is 0 Å². The molecule has 1 rings (SSSR count). The van der Waals surface area contributed by atoms with Crippen LogP contribution in [0.1, 0.15) is 30.6 Å². The highest BCUT2D eigenvalue weighted by Gasteiger charge is 2.18. The van der Waals surface area contributed by atoms with Crippen molar-refractivity contribution >= 4 is 21.8 Å². The predicted molar refractivity (Wildman–Crippen MR) is 67.4 cm³/mol. The van der Waals surface area contributed by atoms with Crippen molar-refractivity contribution in [3.63, 3.8) is 0 Å². The molecule has 3 nitrogen and oxygen atoms in total. The fourth-order valence-corrected chi connectivity index (χ4v) is 1.53. The van der Waals surface area contributed by atoms with Gasteiger partial charge in [0.2, 0.25) is 0 Å². The number of carbonyl (C=O) groups is 1. The molecule has 1 amide bonds. The standard InChI is InChI=1S/C12H16BrNO2/c1-3-12(2,16)8-14-11(15)9-5-4-6-10(13)7-9/h4-7,16H,3,8H2,1-2H3,(H,14,15). The van der Waals surface area contributed by atoms with Crippen molar-refractivity contribution in [2.75, 3.05) is 6.54 Å². The van der Waals surface area contributed by atoms with Gasteiger partial charge in [0.1, 0.15) is 0 Å². The lowest BCUT2D eigenvalue weighted by molar-refractivity contribution is 0.0518. The molecule has 2 N–H and O–H groups in total. The van der Waals surface area contributed by atoms with E-state index in [9.17, 15) is 9.90 Å². The summed E-state index contributed by atoms with van der Waals surface area (Å²) in [6.45, 7) is 3.84. The lowest BCUT2D eigenvalue weighted by Crippen LogP contribution is -2.40. The molecule has 1 aromatic rings. The largest absolute Gasteiger partial charge is 0.388 e. The summed E-state index contributed by atoms with van der Waals surface area (Å²) in [5, 5.41) is 12.5. The molecule has 88 valence electrons. The number of carbonyl (C=O) groups excluding carboxylic acids is 1. The van der Waals surface area contributed by atoms with Crippen LogP contribution < -0.4 is 5.32 Å². The summed E-state index contributed by atoms with van der Waals surface area (Å²) in [6, 6.07) is 7.15. The first-order valence-corrected chi connectivity index (χ1v) is 6.00. The predicted octanol–water partition coefficient (Wildman–Crippen LogP) is 2.34. The molecular weight excluding hydrogens is 270 g/mol. The Morgan fingerprint density at radius 2 is 2.25 bits per heavy atom. The van der Waals surface area contributed by atoms with Gasteiger partial charge in [0, 0.05) is 16.6 Å². The van der Waals surface area contributed by atoms with Gasteiger partial charge in [-0.3, -0.25) is 4.79 Å². The Kier molecular flexibility index (Phi) is 4.50. The Labute approximate surface area is 104 Å². The Balaban J connectivity index is 2.60. The molecule has 4 heteroatoms. The third-order valence-corrected chi connectivity index (χ3v) is 2.97. The van der Waals surface area contributed by atoms with Crippen molar-refractivity contribution in [2.45, 2.75) is 25.9 Å². The van der Waals surface area contributed by atoms with Crippen LogP contribution in [0.5, 0.6) is 0 Å². The van der Waals surface area contributed by atoms with Crippen molar-refractivity contribution in [3.8, 4) is 0 Å². The Hall–Kier alpha value is -0.870. The maximum absolute atomic E-state index is 11.7. The molecule has 0 aliphatic heterocycles. The average molecular weight is 286 g/mol. The minimum atomic E-state index is -0.846. The smallest absolute Gasteiger partial charge is 0.251 e. The molecule has 0 radical (unpaired) electrons. The average Bonchev–Trinajstić information content (AvgIpc) is 2.26. The monoisotopic (exact) mass is 285 g/mol. The van der Waals surface area contributed by atoms with Gasteiger partial charge in [-0.25, -0.2) is 0 Å². The van der Waals surface area contributed by atoms with Crippen LogP contribution in [0.25, 0.3) is 0 Å². The number of hydrogen-bond donors (Lipinski definition) is 2. The van der Waals surface area contributed by atoms with Crippen LogP contribution >= 0.6 is 15.9 Å². The van der Waals surface area contributed by atoms with E-state index in [4.69, 9.17) is 0 Å². The lowest BCUT2D eigenvalue weighted by Gasteiger charge is -2.21. The van der Waals surface area contributed by atoms with E-state index in [1.165, 1.54) is 0 Å². The Bertz CT molecular complexity index is 377. The molecule has 16 heavy (non-hydrogen) atoms. The van der Waals surface area contributed by atoms with Gasteiger partial charge >= 0.3 is 0 Å². The molecule has 0 aromatic heterocycles. The normalized spacial score (nSPS) is 14.2. The van der Waals surface area contributed by atoms with Crippen LogP contribution in [0.15, 0.2) is 28.7 Å². The van der Waals surface area contributed by atoms with E-state index < -0.39 is 5.60 Å². The summed E-state index contributed by atoms with van der Waals surface area (Å²) >= 11 is 3.31. The molecule has 0 saturated heterocycles. The highest BCUT2D eigenvalue weighted by Crippen LogP contribution is 2.12. The molecule has 0 saturated carbocycles. The highest BCUT2D eigenvalue weighted by atomic mass is 79.9. The number of hydrogen-bond acceptors (Lipinski definition) is 2. The highest BCUT2D eigenvalue weighted by molar-refractivity contribution is 9.10. The molecule has 0 fully saturated rings. The molecule has 0 aliphatic carbocycles. The fourth-order valence-electron chi connectivity index (χ4n) is 1.13. The first kappa shape index (κ1) is 13.2. The summed E-state index contributed by atoms with van der Waals surface area (Å²) in [5.74, 6) is -0.171. The van der Waals surface area contributed by atoms with E-state index in [1.807, 2.05) is 13.0 Å².